The number of methoxy groups -OCH3 is 1. The van der Waals surface area contributed by atoms with Crippen molar-refractivity contribution in [1.82, 2.24) is 14.8 Å². The Labute approximate surface area is 105 Å². The van der Waals surface area contributed by atoms with Crippen molar-refractivity contribution in [2.45, 2.75) is 20.0 Å². The van der Waals surface area contributed by atoms with Crippen molar-refractivity contribution in [2.75, 3.05) is 12.8 Å². The van der Waals surface area contributed by atoms with Crippen molar-refractivity contribution in [3.05, 3.63) is 24.5 Å². The first-order valence-electron chi connectivity index (χ1n) is 5.62. The maximum absolute atomic E-state index is 5.81. The summed E-state index contributed by atoms with van der Waals surface area (Å²) in [5, 5.41) is 4.14. The van der Waals surface area contributed by atoms with Gasteiger partial charge in [0, 0.05) is 0 Å². The molecule has 0 unspecified atom stereocenters. The largest absolute Gasteiger partial charge is 0.493 e. The molecule has 96 valence electrons. The quantitative estimate of drug-likeness (QED) is 0.890. The fraction of sp³-hybridized carbons (Fsp3) is 0.333. The van der Waals surface area contributed by atoms with Crippen LogP contribution in [0, 0.1) is 0 Å². The Morgan fingerprint density at radius 3 is 2.72 bits per heavy atom. The first-order chi connectivity index (χ1) is 8.60. The number of nitrogens with two attached hydrogens (primary N) is 1. The number of rotatable bonds is 4. The summed E-state index contributed by atoms with van der Waals surface area (Å²) < 4.78 is 12.2. The van der Waals surface area contributed by atoms with Gasteiger partial charge in [0.25, 0.3) is 0 Å². The number of ether oxygens (including phenoxy) is 2. The minimum absolute atomic E-state index is 0.0159. The van der Waals surface area contributed by atoms with E-state index in [0.29, 0.717) is 23.1 Å². The summed E-state index contributed by atoms with van der Waals surface area (Å²) >= 11 is 0. The molecule has 2 heterocycles. The molecule has 0 aliphatic heterocycles. The van der Waals surface area contributed by atoms with E-state index >= 15 is 0 Å². The van der Waals surface area contributed by atoms with Gasteiger partial charge in [0.1, 0.15) is 0 Å². The number of nitrogen functional groups attached to an aromatic ring is 1. The van der Waals surface area contributed by atoms with Crippen LogP contribution in [0.5, 0.6) is 11.6 Å². The lowest BCUT2D eigenvalue weighted by atomic mass is 10.4. The summed E-state index contributed by atoms with van der Waals surface area (Å²) in [4.78, 5) is 4.33. The second-order valence-corrected chi connectivity index (χ2v) is 4.06. The van der Waals surface area contributed by atoms with Crippen molar-refractivity contribution in [1.29, 1.82) is 0 Å². The predicted molar refractivity (Wildman–Crippen MR) is 68.1 cm³/mol. The topological polar surface area (TPSA) is 75.2 Å². The van der Waals surface area contributed by atoms with Crippen LogP contribution in [0.3, 0.4) is 0 Å². The van der Waals surface area contributed by atoms with Gasteiger partial charge in [0.05, 0.1) is 31.3 Å². The molecule has 0 aliphatic rings. The third kappa shape index (κ3) is 2.53. The molecule has 6 heteroatoms. The van der Waals surface area contributed by atoms with E-state index in [-0.39, 0.29) is 6.10 Å². The second-order valence-electron chi connectivity index (χ2n) is 4.06. The van der Waals surface area contributed by atoms with E-state index in [4.69, 9.17) is 15.2 Å². The van der Waals surface area contributed by atoms with E-state index < -0.39 is 0 Å². The van der Waals surface area contributed by atoms with Crippen LogP contribution in [0.15, 0.2) is 24.5 Å². The van der Waals surface area contributed by atoms with Gasteiger partial charge in [0.15, 0.2) is 11.6 Å². The number of anilines is 1. The highest BCUT2D eigenvalue weighted by atomic mass is 16.5. The zero-order valence-electron chi connectivity index (χ0n) is 10.6. The molecule has 0 amide bonds. The molecule has 2 aromatic heterocycles. The van der Waals surface area contributed by atoms with Gasteiger partial charge in [-0.05, 0) is 26.0 Å². The molecule has 0 aliphatic carbocycles. The van der Waals surface area contributed by atoms with Crippen LogP contribution in [-0.4, -0.2) is 28.0 Å². The molecule has 6 nitrogen and oxygen atoms in total. The SMILES string of the molecule is COc1cnn(-c2ccc(N)c(OC(C)C)n2)c1. The van der Waals surface area contributed by atoms with Gasteiger partial charge < -0.3 is 15.2 Å². The molecule has 0 fully saturated rings. The Morgan fingerprint density at radius 1 is 1.33 bits per heavy atom. The number of hydrogen-bond donors (Lipinski definition) is 1. The summed E-state index contributed by atoms with van der Waals surface area (Å²) in [5.74, 6) is 1.71. The molecule has 0 atom stereocenters. The zero-order chi connectivity index (χ0) is 13.1. The molecule has 0 bridgehead atoms. The highest BCUT2D eigenvalue weighted by molar-refractivity contribution is 5.50. The van der Waals surface area contributed by atoms with E-state index in [1.54, 1.807) is 36.3 Å². The number of pyridine rings is 1. The van der Waals surface area contributed by atoms with Crippen molar-refractivity contribution < 1.29 is 9.47 Å². The van der Waals surface area contributed by atoms with E-state index in [9.17, 15) is 0 Å². The lowest BCUT2D eigenvalue weighted by Gasteiger charge is -2.11. The van der Waals surface area contributed by atoms with Crippen LogP contribution in [0.1, 0.15) is 13.8 Å². The standard InChI is InChI=1S/C12H16N4O2/c1-8(2)18-12-10(13)4-5-11(15-12)16-7-9(17-3)6-14-16/h4-8H,13H2,1-3H3. The molecule has 18 heavy (non-hydrogen) atoms. The lowest BCUT2D eigenvalue weighted by Crippen LogP contribution is -2.10. The number of aromatic nitrogens is 3. The molecule has 0 aromatic carbocycles. The fourth-order valence-corrected chi connectivity index (χ4v) is 1.42. The molecule has 2 rings (SSSR count). The van der Waals surface area contributed by atoms with Crippen molar-refractivity contribution in [3.63, 3.8) is 0 Å². The Balaban J connectivity index is 2.33. The van der Waals surface area contributed by atoms with Crippen molar-refractivity contribution in [2.24, 2.45) is 0 Å². The summed E-state index contributed by atoms with van der Waals surface area (Å²) in [6.45, 7) is 3.84. The fourth-order valence-electron chi connectivity index (χ4n) is 1.42. The highest BCUT2D eigenvalue weighted by Gasteiger charge is 2.08. The molecular formula is C12H16N4O2. The van der Waals surface area contributed by atoms with Crippen LogP contribution in [0.4, 0.5) is 5.69 Å². The summed E-state index contributed by atoms with van der Waals surface area (Å²) in [5.41, 5.74) is 6.31. The van der Waals surface area contributed by atoms with Gasteiger partial charge in [-0.2, -0.15) is 10.1 Å². The molecule has 0 spiro atoms. The van der Waals surface area contributed by atoms with Crippen LogP contribution in [-0.2, 0) is 0 Å². The van der Waals surface area contributed by atoms with E-state index in [2.05, 4.69) is 10.1 Å². The molecule has 2 N–H and O–H groups in total. The lowest BCUT2D eigenvalue weighted by molar-refractivity contribution is 0.234. The van der Waals surface area contributed by atoms with Gasteiger partial charge in [-0.3, -0.25) is 0 Å². The number of nitrogens with zero attached hydrogens (tertiary/aromatic N) is 3. The third-order valence-corrected chi connectivity index (χ3v) is 2.25. The Morgan fingerprint density at radius 2 is 2.11 bits per heavy atom. The normalized spacial score (nSPS) is 10.7. The summed E-state index contributed by atoms with van der Waals surface area (Å²) in [6.07, 6.45) is 3.36. The van der Waals surface area contributed by atoms with Gasteiger partial charge in [-0.25, -0.2) is 4.68 Å². The Hall–Kier alpha value is -2.24. The van der Waals surface area contributed by atoms with Crippen molar-refractivity contribution in [3.8, 4) is 17.4 Å². The van der Waals surface area contributed by atoms with Gasteiger partial charge in [-0.15, -0.1) is 0 Å². The van der Waals surface area contributed by atoms with Gasteiger partial charge in [0.2, 0.25) is 5.88 Å². The van der Waals surface area contributed by atoms with E-state index in [0.717, 1.165) is 0 Å². The smallest absolute Gasteiger partial charge is 0.239 e. The average molecular weight is 248 g/mol. The number of hydrogen-bond acceptors (Lipinski definition) is 5. The molecule has 0 saturated carbocycles. The minimum Gasteiger partial charge on any atom is -0.493 e. The predicted octanol–water partition coefficient (Wildman–Crippen LogP) is 1.65. The molecular weight excluding hydrogens is 232 g/mol. The zero-order valence-corrected chi connectivity index (χ0v) is 10.6. The monoisotopic (exact) mass is 248 g/mol. The Kier molecular flexibility index (Phi) is 3.36. The van der Waals surface area contributed by atoms with E-state index in [1.165, 1.54) is 0 Å². The first kappa shape index (κ1) is 12.2. The van der Waals surface area contributed by atoms with Gasteiger partial charge in [-0.1, -0.05) is 0 Å². The van der Waals surface area contributed by atoms with Gasteiger partial charge >= 0.3 is 0 Å². The van der Waals surface area contributed by atoms with Crippen LogP contribution in [0.2, 0.25) is 0 Å². The Bertz CT molecular complexity index is 537. The second kappa shape index (κ2) is 4.95. The van der Waals surface area contributed by atoms with Crippen LogP contribution < -0.4 is 15.2 Å². The van der Waals surface area contributed by atoms with E-state index in [1.807, 2.05) is 13.8 Å². The first-order valence-corrected chi connectivity index (χ1v) is 5.62. The molecule has 0 saturated heterocycles. The van der Waals surface area contributed by atoms with Crippen LogP contribution >= 0.6 is 0 Å². The third-order valence-electron chi connectivity index (χ3n) is 2.25. The summed E-state index contributed by atoms with van der Waals surface area (Å²) in [7, 11) is 1.59. The van der Waals surface area contributed by atoms with Crippen LogP contribution in [0.25, 0.3) is 5.82 Å². The average Bonchev–Trinajstić information content (AvgIpc) is 2.80. The highest BCUT2D eigenvalue weighted by Crippen LogP contribution is 2.22. The molecule has 2 aromatic rings. The maximum atomic E-state index is 5.81. The summed E-state index contributed by atoms with van der Waals surface area (Å²) in [6, 6.07) is 3.52. The maximum Gasteiger partial charge on any atom is 0.239 e. The molecule has 0 radical (unpaired) electrons. The van der Waals surface area contributed by atoms with Crippen molar-refractivity contribution >= 4 is 5.69 Å². The minimum atomic E-state index is 0.0159.